The lowest BCUT2D eigenvalue weighted by atomic mass is 9.80. The maximum Gasteiger partial charge on any atom is 0.404 e. The molecule has 0 spiro atoms. The Hall–Kier alpha value is -2.71. The molecule has 1 aliphatic heterocycles. The van der Waals surface area contributed by atoms with Gasteiger partial charge in [-0.05, 0) is 25.5 Å². The van der Waals surface area contributed by atoms with E-state index in [1.165, 1.54) is 7.11 Å². The number of ether oxygens (including phenoxy) is 3. The van der Waals surface area contributed by atoms with Crippen LogP contribution in [0.15, 0.2) is 40.7 Å². The molecule has 0 bridgehead atoms. The van der Waals surface area contributed by atoms with Gasteiger partial charge in [0.15, 0.2) is 0 Å². The molecule has 1 heterocycles. The zero-order valence-corrected chi connectivity index (χ0v) is 17.5. The standard InChI is InChI=1S/C19H20Cl2N2O6/c1-4-28-18(25)15-12(8-29-19(22)26)23-9(2)13(17(24)27-3)14(15)10-6-5-7-11(20)16(10)21/h5-7,14,23H,4,8H2,1-3H3,(H2,22,26). The highest BCUT2D eigenvalue weighted by Crippen LogP contribution is 2.43. The number of carbonyl (C=O) groups excluding carboxylic acids is 3. The lowest BCUT2D eigenvalue weighted by Crippen LogP contribution is -2.35. The molecule has 156 valence electrons. The first-order chi connectivity index (χ1) is 13.7. The van der Waals surface area contributed by atoms with Gasteiger partial charge in [-0.15, -0.1) is 0 Å². The van der Waals surface area contributed by atoms with Gasteiger partial charge in [0.2, 0.25) is 0 Å². The van der Waals surface area contributed by atoms with E-state index in [4.69, 9.17) is 43.1 Å². The summed E-state index contributed by atoms with van der Waals surface area (Å²) >= 11 is 12.6. The minimum Gasteiger partial charge on any atom is -0.466 e. The van der Waals surface area contributed by atoms with Crippen LogP contribution < -0.4 is 11.1 Å². The molecule has 1 atom stereocenters. The highest BCUT2D eigenvalue weighted by molar-refractivity contribution is 6.42. The summed E-state index contributed by atoms with van der Waals surface area (Å²) in [5, 5.41) is 3.31. The van der Waals surface area contributed by atoms with Gasteiger partial charge in [0, 0.05) is 5.70 Å². The van der Waals surface area contributed by atoms with Crippen molar-refractivity contribution in [3.05, 3.63) is 56.3 Å². The number of rotatable bonds is 6. The lowest BCUT2D eigenvalue weighted by Gasteiger charge is -2.31. The zero-order valence-electron chi connectivity index (χ0n) is 16.0. The normalized spacial score (nSPS) is 16.2. The molecule has 2 rings (SSSR count). The Morgan fingerprint density at radius 2 is 1.83 bits per heavy atom. The summed E-state index contributed by atoms with van der Waals surface area (Å²) < 4.78 is 14.9. The molecular weight excluding hydrogens is 423 g/mol. The highest BCUT2D eigenvalue weighted by atomic mass is 35.5. The fourth-order valence-corrected chi connectivity index (χ4v) is 3.46. The monoisotopic (exact) mass is 442 g/mol. The highest BCUT2D eigenvalue weighted by Gasteiger charge is 2.40. The van der Waals surface area contributed by atoms with Crippen LogP contribution in [0.25, 0.3) is 0 Å². The van der Waals surface area contributed by atoms with Crippen molar-refractivity contribution in [2.45, 2.75) is 19.8 Å². The molecule has 1 amide bonds. The van der Waals surface area contributed by atoms with E-state index in [0.717, 1.165) is 0 Å². The van der Waals surface area contributed by atoms with E-state index in [2.05, 4.69) is 5.32 Å². The number of halogens is 2. The number of allylic oxidation sites excluding steroid dienone is 1. The Balaban J connectivity index is 2.77. The van der Waals surface area contributed by atoms with E-state index >= 15 is 0 Å². The summed E-state index contributed by atoms with van der Waals surface area (Å²) in [5.41, 5.74) is 6.21. The summed E-state index contributed by atoms with van der Waals surface area (Å²) in [5.74, 6) is -2.37. The molecule has 3 N–H and O–H groups in total. The number of methoxy groups -OCH3 is 1. The van der Waals surface area contributed by atoms with Gasteiger partial charge in [0.25, 0.3) is 0 Å². The van der Waals surface area contributed by atoms with Crippen molar-refractivity contribution in [3.8, 4) is 0 Å². The number of hydrogen-bond acceptors (Lipinski definition) is 7. The predicted octanol–water partition coefficient (Wildman–Crippen LogP) is 3.04. The van der Waals surface area contributed by atoms with E-state index in [1.807, 2.05) is 0 Å². The average molecular weight is 443 g/mol. The van der Waals surface area contributed by atoms with Crippen molar-refractivity contribution in [2.75, 3.05) is 20.3 Å². The van der Waals surface area contributed by atoms with Crippen LogP contribution in [-0.2, 0) is 23.8 Å². The predicted molar refractivity (Wildman–Crippen MR) is 106 cm³/mol. The minimum atomic E-state index is -1.03. The van der Waals surface area contributed by atoms with Gasteiger partial charge in [-0.25, -0.2) is 14.4 Å². The third-order valence-corrected chi connectivity index (χ3v) is 5.03. The fourth-order valence-electron chi connectivity index (χ4n) is 3.04. The molecule has 1 aromatic rings. The number of amides is 1. The number of primary amides is 1. The molecule has 1 aromatic carbocycles. The third kappa shape index (κ3) is 4.83. The number of esters is 2. The molecule has 0 fully saturated rings. The first kappa shape index (κ1) is 22.6. The Labute approximate surface area is 177 Å². The second-order valence-corrected chi connectivity index (χ2v) is 6.74. The number of nitrogens with one attached hydrogen (secondary N) is 1. The molecular formula is C19H20Cl2N2O6. The van der Waals surface area contributed by atoms with Gasteiger partial charge >= 0.3 is 18.0 Å². The van der Waals surface area contributed by atoms with E-state index in [9.17, 15) is 14.4 Å². The summed E-state index contributed by atoms with van der Waals surface area (Å²) in [6, 6.07) is 4.85. The van der Waals surface area contributed by atoms with Gasteiger partial charge in [-0.1, -0.05) is 35.3 Å². The SMILES string of the molecule is CCOC(=O)C1=C(COC(N)=O)NC(C)=C(C(=O)OC)C1c1cccc(Cl)c1Cl. The fraction of sp³-hybridized carbons (Fsp3) is 0.316. The quantitative estimate of drug-likeness (QED) is 0.513. The van der Waals surface area contributed by atoms with Gasteiger partial charge in [-0.2, -0.15) is 0 Å². The maximum absolute atomic E-state index is 12.9. The van der Waals surface area contributed by atoms with Crippen LogP contribution in [0.4, 0.5) is 4.79 Å². The first-order valence-corrected chi connectivity index (χ1v) is 9.30. The van der Waals surface area contributed by atoms with Crippen LogP contribution in [0.3, 0.4) is 0 Å². The Bertz CT molecular complexity index is 910. The van der Waals surface area contributed by atoms with Crippen LogP contribution in [-0.4, -0.2) is 38.4 Å². The number of benzene rings is 1. The lowest BCUT2D eigenvalue weighted by molar-refractivity contribution is -0.139. The number of nitrogens with two attached hydrogens (primary N) is 1. The molecule has 29 heavy (non-hydrogen) atoms. The second-order valence-electron chi connectivity index (χ2n) is 5.95. The molecule has 0 aliphatic carbocycles. The summed E-state index contributed by atoms with van der Waals surface area (Å²) in [6.07, 6.45) is -1.03. The van der Waals surface area contributed by atoms with Crippen LogP contribution in [0.1, 0.15) is 25.3 Å². The molecule has 8 nitrogen and oxygen atoms in total. The molecule has 0 saturated heterocycles. The molecule has 1 aliphatic rings. The Morgan fingerprint density at radius 1 is 1.14 bits per heavy atom. The van der Waals surface area contributed by atoms with Gasteiger partial charge in [0.1, 0.15) is 6.61 Å². The molecule has 10 heteroatoms. The van der Waals surface area contributed by atoms with Crippen LogP contribution in [0.5, 0.6) is 0 Å². The summed E-state index contributed by atoms with van der Waals surface area (Å²) in [7, 11) is 1.22. The molecule has 0 saturated carbocycles. The van der Waals surface area contributed by atoms with Crippen molar-refractivity contribution in [1.29, 1.82) is 0 Å². The van der Waals surface area contributed by atoms with Crippen LogP contribution in [0, 0.1) is 0 Å². The number of dihydropyridines is 1. The largest absolute Gasteiger partial charge is 0.466 e. The molecule has 1 unspecified atom stereocenters. The van der Waals surface area contributed by atoms with E-state index in [1.54, 1.807) is 32.0 Å². The smallest absolute Gasteiger partial charge is 0.404 e. The van der Waals surface area contributed by atoms with Crippen molar-refractivity contribution >= 4 is 41.2 Å². The maximum atomic E-state index is 12.9. The van der Waals surface area contributed by atoms with E-state index in [-0.39, 0.29) is 40.1 Å². The van der Waals surface area contributed by atoms with Gasteiger partial charge in [0.05, 0.1) is 46.5 Å². The van der Waals surface area contributed by atoms with Gasteiger partial charge in [-0.3, -0.25) is 0 Å². The second kappa shape index (κ2) is 9.67. The van der Waals surface area contributed by atoms with Crippen molar-refractivity contribution in [1.82, 2.24) is 5.32 Å². The minimum absolute atomic E-state index is 0.0308. The number of hydrogen-bond donors (Lipinski definition) is 2. The Morgan fingerprint density at radius 3 is 2.41 bits per heavy atom. The molecule has 0 radical (unpaired) electrons. The first-order valence-electron chi connectivity index (χ1n) is 8.55. The van der Waals surface area contributed by atoms with Crippen molar-refractivity contribution < 1.29 is 28.6 Å². The van der Waals surface area contributed by atoms with E-state index < -0.39 is 23.9 Å². The zero-order chi connectivity index (χ0) is 21.7. The van der Waals surface area contributed by atoms with Gasteiger partial charge < -0.3 is 25.3 Å². The van der Waals surface area contributed by atoms with Crippen LogP contribution >= 0.6 is 23.2 Å². The number of carbonyl (C=O) groups is 3. The third-order valence-electron chi connectivity index (χ3n) is 4.20. The molecule has 0 aromatic heterocycles. The summed E-state index contributed by atoms with van der Waals surface area (Å²) in [6.45, 7) is 2.99. The Kier molecular flexibility index (Phi) is 7.53. The summed E-state index contributed by atoms with van der Waals surface area (Å²) in [4.78, 5) is 36.5. The van der Waals surface area contributed by atoms with Crippen LogP contribution in [0.2, 0.25) is 10.0 Å². The topological polar surface area (TPSA) is 117 Å². The van der Waals surface area contributed by atoms with Crippen molar-refractivity contribution in [2.24, 2.45) is 5.73 Å². The van der Waals surface area contributed by atoms with Crippen molar-refractivity contribution in [3.63, 3.8) is 0 Å². The average Bonchev–Trinajstić information content (AvgIpc) is 2.67. The van der Waals surface area contributed by atoms with E-state index in [0.29, 0.717) is 11.3 Å².